The van der Waals surface area contributed by atoms with Gasteiger partial charge < -0.3 is 5.32 Å². The van der Waals surface area contributed by atoms with E-state index in [1.807, 2.05) is 0 Å². The summed E-state index contributed by atoms with van der Waals surface area (Å²) in [4.78, 5) is 11.3. The number of rotatable bonds is 6. The lowest BCUT2D eigenvalue weighted by Gasteiger charge is -2.06. The fourth-order valence-corrected chi connectivity index (χ4v) is 1.36. The molecule has 0 radical (unpaired) electrons. The van der Waals surface area contributed by atoms with Crippen molar-refractivity contribution in [2.45, 2.75) is 19.4 Å². The molecule has 0 aliphatic rings. The van der Waals surface area contributed by atoms with Gasteiger partial charge in [0.2, 0.25) is 5.91 Å². The molecule has 0 atom stereocenters. The maximum atomic E-state index is 12.6. The summed E-state index contributed by atoms with van der Waals surface area (Å²) in [5, 5.41) is 5.66. The molecule has 4 nitrogen and oxygen atoms in total. The van der Waals surface area contributed by atoms with E-state index in [4.69, 9.17) is 0 Å². The van der Waals surface area contributed by atoms with E-state index in [1.54, 1.807) is 0 Å². The van der Waals surface area contributed by atoms with Crippen molar-refractivity contribution < 1.29 is 22.4 Å². The Labute approximate surface area is 106 Å². The number of nitrogens with one attached hydrogen (secondary N) is 1. The van der Waals surface area contributed by atoms with Crippen LogP contribution in [0.15, 0.2) is 6.07 Å². The predicted molar refractivity (Wildman–Crippen MR) is 59.0 cm³/mol. The quantitative estimate of drug-likeness (QED) is 0.618. The van der Waals surface area contributed by atoms with Crippen molar-refractivity contribution in [1.29, 1.82) is 0 Å². The largest absolute Gasteiger partial charge is 0.354 e. The van der Waals surface area contributed by atoms with Crippen LogP contribution in [0.4, 0.5) is 17.6 Å². The van der Waals surface area contributed by atoms with Crippen LogP contribution in [0.3, 0.4) is 0 Å². The van der Waals surface area contributed by atoms with E-state index < -0.39 is 36.7 Å². The topological polar surface area (TPSA) is 46.9 Å². The number of carbonyl (C=O) groups is 1. The summed E-state index contributed by atoms with van der Waals surface area (Å²) < 4.78 is 50.4. The minimum Gasteiger partial charge on any atom is -0.354 e. The maximum absolute atomic E-state index is 12.6. The van der Waals surface area contributed by atoms with Crippen LogP contribution in [0.25, 0.3) is 0 Å². The highest BCUT2D eigenvalue weighted by Gasteiger charge is 2.22. The van der Waals surface area contributed by atoms with Gasteiger partial charge in [-0.05, 0) is 6.07 Å². The first-order valence-electron chi connectivity index (χ1n) is 4.97. The average molecular weight is 285 g/mol. The molecular weight excluding hydrogens is 274 g/mol. The molecule has 0 saturated heterocycles. The van der Waals surface area contributed by atoms with Crippen LogP contribution in [0.5, 0.6) is 0 Å². The van der Waals surface area contributed by atoms with E-state index in [2.05, 4.69) is 23.0 Å². The second-order valence-corrected chi connectivity index (χ2v) is 3.77. The van der Waals surface area contributed by atoms with Crippen LogP contribution in [-0.4, -0.2) is 28.0 Å². The summed E-state index contributed by atoms with van der Waals surface area (Å²) in [7, 11) is 0. The smallest absolute Gasteiger partial charge is 0.282 e. The van der Waals surface area contributed by atoms with Gasteiger partial charge in [0, 0.05) is 12.3 Å². The average Bonchev–Trinajstić information content (AvgIpc) is 2.70. The van der Waals surface area contributed by atoms with E-state index in [0.717, 1.165) is 0 Å². The molecule has 0 aromatic carbocycles. The molecule has 18 heavy (non-hydrogen) atoms. The zero-order chi connectivity index (χ0) is 13.7. The van der Waals surface area contributed by atoms with Gasteiger partial charge in [-0.25, -0.2) is 17.6 Å². The molecule has 1 heterocycles. The van der Waals surface area contributed by atoms with Crippen LogP contribution in [0.1, 0.15) is 24.2 Å². The molecule has 1 N–H and O–H groups in total. The van der Waals surface area contributed by atoms with Gasteiger partial charge >= 0.3 is 0 Å². The van der Waals surface area contributed by atoms with Crippen LogP contribution in [0, 0.1) is 0 Å². The van der Waals surface area contributed by atoms with Crippen LogP contribution in [0.2, 0.25) is 0 Å². The zero-order valence-electron chi connectivity index (χ0n) is 9.12. The summed E-state index contributed by atoms with van der Waals surface area (Å²) >= 11 is 3.85. The SMILES string of the molecule is O=C(Cn1nc(C(F)F)cc1C(F)F)NCCS. The monoisotopic (exact) mass is 285 g/mol. The van der Waals surface area contributed by atoms with E-state index in [9.17, 15) is 22.4 Å². The van der Waals surface area contributed by atoms with Gasteiger partial charge in [0.25, 0.3) is 12.9 Å². The van der Waals surface area contributed by atoms with Crippen molar-refractivity contribution >= 4 is 18.5 Å². The Morgan fingerprint density at radius 2 is 2.06 bits per heavy atom. The number of halogens is 4. The van der Waals surface area contributed by atoms with Crippen molar-refractivity contribution in [3.05, 3.63) is 17.5 Å². The zero-order valence-corrected chi connectivity index (χ0v) is 10.0. The predicted octanol–water partition coefficient (Wildman–Crippen LogP) is 1.80. The number of nitrogens with zero attached hydrogens (tertiary/aromatic N) is 2. The summed E-state index contributed by atoms with van der Waals surface area (Å²) in [5.74, 6) is -0.204. The molecule has 0 spiro atoms. The minimum absolute atomic E-state index is 0.259. The molecule has 1 rings (SSSR count). The number of alkyl halides is 4. The number of aromatic nitrogens is 2. The molecular formula is C9H11F4N3OS. The highest BCUT2D eigenvalue weighted by molar-refractivity contribution is 7.80. The lowest BCUT2D eigenvalue weighted by Crippen LogP contribution is -2.30. The Morgan fingerprint density at radius 1 is 1.39 bits per heavy atom. The molecule has 1 amide bonds. The van der Waals surface area contributed by atoms with E-state index in [-0.39, 0.29) is 6.54 Å². The summed E-state index contributed by atoms with van der Waals surface area (Å²) in [6.45, 7) is -0.269. The van der Waals surface area contributed by atoms with Crippen molar-refractivity contribution in [2.75, 3.05) is 12.3 Å². The molecule has 0 aliphatic carbocycles. The van der Waals surface area contributed by atoms with Gasteiger partial charge in [0.1, 0.15) is 17.9 Å². The van der Waals surface area contributed by atoms with Gasteiger partial charge in [-0.3, -0.25) is 9.48 Å². The molecule has 0 bridgehead atoms. The third kappa shape index (κ3) is 3.90. The van der Waals surface area contributed by atoms with Gasteiger partial charge in [0.15, 0.2) is 0 Å². The van der Waals surface area contributed by atoms with E-state index in [1.165, 1.54) is 0 Å². The molecule has 0 fully saturated rings. The maximum Gasteiger partial charge on any atom is 0.282 e. The first-order chi connectivity index (χ1) is 8.45. The van der Waals surface area contributed by atoms with Crippen molar-refractivity contribution in [2.24, 2.45) is 0 Å². The summed E-state index contributed by atoms with van der Waals surface area (Å²) in [6, 6.07) is 0.598. The Hall–Kier alpha value is -1.25. The van der Waals surface area contributed by atoms with Crippen LogP contribution >= 0.6 is 12.6 Å². The van der Waals surface area contributed by atoms with Crippen molar-refractivity contribution in [3.8, 4) is 0 Å². The summed E-state index contributed by atoms with van der Waals surface area (Å²) in [6.07, 6.45) is -5.92. The minimum atomic E-state index is -2.97. The van der Waals surface area contributed by atoms with Gasteiger partial charge in [0.05, 0.1) is 0 Å². The fraction of sp³-hybridized carbons (Fsp3) is 0.556. The Morgan fingerprint density at radius 3 is 2.56 bits per heavy atom. The molecule has 9 heteroatoms. The number of hydrogen-bond acceptors (Lipinski definition) is 3. The number of amides is 1. The van der Waals surface area contributed by atoms with Gasteiger partial charge in [-0.1, -0.05) is 0 Å². The third-order valence-electron chi connectivity index (χ3n) is 2.00. The lowest BCUT2D eigenvalue weighted by atomic mass is 10.3. The Kier molecular flexibility index (Phi) is 5.45. The Bertz CT molecular complexity index is 411. The molecule has 102 valence electrons. The van der Waals surface area contributed by atoms with Crippen LogP contribution < -0.4 is 5.32 Å². The van der Waals surface area contributed by atoms with Crippen molar-refractivity contribution in [1.82, 2.24) is 15.1 Å². The highest BCUT2D eigenvalue weighted by Crippen LogP contribution is 2.24. The molecule has 0 saturated carbocycles. The van der Waals surface area contributed by atoms with Gasteiger partial charge in [-0.2, -0.15) is 17.7 Å². The van der Waals surface area contributed by atoms with Crippen molar-refractivity contribution in [3.63, 3.8) is 0 Å². The second kappa shape index (κ2) is 6.62. The summed E-state index contributed by atoms with van der Waals surface area (Å²) in [5.41, 5.74) is -1.47. The highest BCUT2D eigenvalue weighted by atomic mass is 32.1. The molecule has 1 aromatic heterocycles. The lowest BCUT2D eigenvalue weighted by molar-refractivity contribution is -0.121. The van der Waals surface area contributed by atoms with Gasteiger partial charge in [-0.15, -0.1) is 0 Å². The normalized spacial score (nSPS) is 11.3. The molecule has 1 aromatic rings. The first kappa shape index (κ1) is 14.8. The number of thiol groups is 1. The van der Waals surface area contributed by atoms with Crippen LogP contribution in [-0.2, 0) is 11.3 Å². The molecule has 0 unspecified atom stereocenters. The van der Waals surface area contributed by atoms with E-state index in [0.29, 0.717) is 16.5 Å². The number of hydrogen-bond donors (Lipinski definition) is 2. The third-order valence-corrected chi connectivity index (χ3v) is 2.23. The Balaban J connectivity index is 2.82. The standard InChI is InChI=1S/C9H11F4N3OS/c10-8(11)5-3-6(9(12)13)16(15-5)4-7(17)14-1-2-18/h3,8-9,18H,1-2,4H2,(H,14,17). The molecule has 0 aliphatic heterocycles. The first-order valence-corrected chi connectivity index (χ1v) is 5.60. The van der Waals surface area contributed by atoms with E-state index >= 15 is 0 Å². The number of carbonyl (C=O) groups excluding carboxylic acids is 1. The fourth-order valence-electron chi connectivity index (χ4n) is 1.25. The second-order valence-electron chi connectivity index (χ2n) is 3.33.